The van der Waals surface area contributed by atoms with Gasteiger partial charge < -0.3 is 0 Å². The molecule has 3 aromatic carbocycles. The van der Waals surface area contributed by atoms with E-state index in [0.29, 0.717) is 0 Å². The zero-order valence-corrected chi connectivity index (χ0v) is 21.3. The standard InChI is InChI=1S/C33H39N/c1-5-30-17-15-28(21-25(30)2)13-11-9-7-6-8-10-12-14-29-16-20-33(27(4)22-29)31-18-19-32(24-34)26(3)23-31/h5,15-23H,1,6-14H2,2-4H3. The molecule has 0 N–H and O–H groups in total. The van der Waals surface area contributed by atoms with Crippen molar-refractivity contribution in [3.8, 4) is 17.2 Å². The molecule has 0 unspecified atom stereocenters. The van der Waals surface area contributed by atoms with Crippen molar-refractivity contribution in [1.29, 1.82) is 5.26 Å². The SMILES string of the molecule is C=Cc1ccc(CCCCCCCCCc2ccc(-c3ccc(C#N)c(C)c3)c(C)c2)cc1C. The van der Waals surface area contributed by atoms with Crippen molar-refractivity contribution >= 4 is 6.08 Å². The third kappa shape index (κ3) is 7.19. The first kappa shape index (κ1) is 25.5. The van der Waals surface area contributed by atoms with Gasteiger partial charge in [0.2, 0.25) is 0 Å². The quantitative estimate of drug-likeness (QED) is 0.253. The molecule has 1 nitrogen and oxygen atoms in total. The normalized spacial score (nSPS) is 10.8. The van der Waals surface area contributed by atoms with Gasteiger partial charge in [0.25, 0.3) is 0 Å². The van der Waals surface area contributed by atoms with Gasteiger partial charge in [0, 0.05) is 0 Å². The van der Waals surface area contributed by atoms with Crippen molar-refractivity contribution in [3.05, 3.63) is 100 Å². The van der Waals surface area contributed by atoms with Crippen LogP contribution in [-0.2, 0) is 12.8 Å². The molecular formula is C33H39N. The predicted molar refractivity (Wildman–Crippen MR) is 147 cm³/mol. The summed E-state index contributed by atoms with van der Waals surface area (Å²) in [6.07, 6.45) is 13.5. The van der Waals surface area contributed by atoms with Crippen LogP contribution >= 0.6 is 0 Å². The molecule has 0 bridgehead atoms. The third-order valence-corrected chi connectivity index (χ3v) is 6.93. The van der Waals surface area contributed by atoms with Crippen molar-refractivity contribution in [1.82, 2.24) is 0 Å². The molecule has 0 atom stereocenters. The number of benzene rings is 3. The highest BCUT2D eigenvalue weighted by Gasteiger charge is 2.06. The minimum atomic E-state index is 0.756. The fraction of sp³-hybridized carbons (Fsp3) is 0.364. The van der Waals surface area contributed by atoms with Gasteiger partial charge >= 0.3 is 0 Å². The number of nitrogens with zero attached hydrogens (tertiary/aromatic N) is 1. The molecule has 0 aliphatic carbocycles. The summed E-state index contributed by atoms with van der Waals surface area (Å²) in [6, 6.07) is 22.0. The largest absolute Gasteiger partial charge is 0.192 e. The van der Waals surface area contributed by atoms with Crippen LogP contribution in [0.25, 0.3) is 17.2 Å². The Hall–Kier alpha value is -3.11. The van der Waals surface area contributed by atoms with Gasteiger partial charge in [-0.05, 0) is 97.0 Å². The molecule has 0 amide bonds. The fourth-order valence-electron chi connectivity index (χ4n) is 4.83. The fourth-order valence-corrected chi connectivity index (χ4v) is 4.83. The van der Waals surface area contributed by atoms with Crippen LogP contribution in [0.5, 0.6) is 0 Å². The molecule has 0 aliphatic rings. The van der Waals surface area contributed by atoms with Crippen molar-refractivity contribution in [2.45, 2.75) is 78.6 Å². The highest BCUT2D eigenvalue weighted by atomic mass is 14.2. The number of hydrogen-bond acceptors (Lipinski definition) is 1. The Labute approximate surface area is 207 Å². The molecule has 0 radical (unpaired) electrons. The molecule has 34 heavy (non-hydrogen) atoms. The van der Waals surface area contributed by atoms with Gasteiger partial charge in [-0.2, -0.15) is 5.26 Å². The molecule has 0 spiro atoms. The maximum Gasteiger partial charge on any atom is 0.0994 e. The minimum absolute atomic E-state index is 0.756. The van der Waals surface area contributed by atoms with Gasteiger partial charge in [-0.15, -0.1) is 0 Å². The van der Waals surface area contributed by atoms with E-state index in [0.717, 1.165) is 17.5 Å². The van der Waals surface area contributed by atoms with Gasteiger partial charge in [0.15, 0.2) is 0 Å². The van der Waals surface area contributed by atoms with E-state index in [-0.39, 0.29) is 0 Å². The van der Waals surface area contributed by atoms with Crippen LogP contribution in [0.15, 0.2) is 61.2 Å². The minimum Gasteiger partial charge on any atom is -0.192 e. The van der Waals surface area contributed by atoms with Crippen molar-refractivity contribution < 1.29 is 0 Å². The van der Waals surface area contributed by atoms with E-state index in [1.165, 1.54) is 90.3 Å². The van der Waals surface area contributed by atoms with E-state index in [2.05, 4.69) is 75.0 Å². The second-order valence-electron chi connectivity index (χ2n) is 9.66. The molecule has 3 aromatic rings. The molecule has 0 fully saturated rings. The highest BCUT2D eigenvalue weighted by Crippen LogP contribution is 2.27. The van der Waals surface area contributed by atoms with Gasteiger partial charge in [-0.3, -0.25) is 0 Å². The topological polar surface area (TPSA) is 23.8 Å². The smallest absolute Gasteiger partial charge is 0.0994 e. The van der Waals surface area contributed by atoms with Gasteiger partial charge in [0.05, 0.1) is 11.6 Å². The molecule has 0 aromatic heterocycles. The lowest BCUT2D eigenvalue weighted by Gasteiger charge is -2.10. The summed E-state index contributed by atoms with van der Waals surface area (Å²) in [5.74, 6) is 0. The lowest BCUT2D eigenvalue weighted by molar-refractivity contribution is 0.579. The van der Waals surface area contributed by atoms with Crippen LogP contribution in [0.1, 0.15) is 83.9 Å². The van der Waals surface area contributed by atoms with Crippen LogP contribution < -0.4 is 0 Å². The predicted octanol–water partition coefficient (Wildman–Crippen LogP) is 9.31. The first-order valence-electron chi connectivity index (χ1n) is 12.8. The first-order chi connectivity index (χ1) is 16.5. The lowest BCUT2D eigenvalue weighted by Crippen LogP contribution is -1.92. The van der Waals surface area contributed by atoms with Crippen LogP contribution in [-0.4, -0.2) is 0 Å². The second-order valence-corrected chi connectivity index (χ2v) is 9.66. The zero-order chi connectivity index (χ0) is 24.3. The monoisotopic (exact) mass is 449 g/mol. The zero-order valence-electron chi connectivity index (χ0n) is 21.3. The summed E-state index contributed by atoms with van der Waals surface area (Å²) in [7, 11) is 0. The van der Waals surface area contributed by atoms with E-state index >= 15 is 0 Å². The summed E-state index contributed by atoms with van der Waals surface area (Å²) < 4.78 is 0. The second kappa shape index (κ2) is 13.0. The average Bonchev–Trinajstić information content (AvgIpc) is 2.83. The average molecular weight is 450 g/mol. The Kier molecular flexibility index (Phi) is 9.72. The summed E-state index contributed by atoms with van der Waals surface area (Å²) in [6.45, 7) is 10.3. The lowest BCUT2D eigenvalue weighted by atomic mass is 9.94. The number of rotatable bonds is 12. The summed E-state index contributed by atoms with van der Waals surface area (Å²) in [4.78, 5) is 0. The van der Waals surface area contributed by atoms with E-state index < -0.39 is 0 Å². The van der Waals surface area contributed by atoms with Crippen molar-refractivity contribution in [3.63, 3.8) is 0 Å². The van der Waals surface area contributed by atoms with Crippen molar-refractivity contribution in [2.24, 2.45) is 0 Å². The van der Waals surface area contributed by atoms with Crippen LogP contribution in [0, 0.1) is 32.1 Å². The van der Waals surface area contributed by atoms with Crippen LogP contribution in [0.4, 0.5) is 0 Å². The number of nitriles is 1. The van der Waals surface area contributed by atoms with Crippen molar-refractivity contribution in [2.75, 3.05) is 0 Å². The van der Waals surface area contributed by atoms with Gasteiger partial charge in [0.1, 0.15) is 0 Å². The molecular weight excluding hydrogens is 410 g/mol. The Balaban J connectivity index is 1.32. The Bertz CT molecular complexity index is 1150. The number of unbranched alkanes of at least 4 members (excludes halogenated alkanes) is 6. The first-order valence-corrected chi connectivity index (χ1v) is 12.8. The summed E-state index contributed by atoms with van der Waals surface area (Å²) in [5, 5.41) is 9.16. The Morgan fingerprint density at radius 2 is 1.26 bits per heavy atom. The summed E-state index contributed by atoms with van der Waals surface area (Å²) >= 11 is 0. The maximum absolute atomic E-state index is 9.16. The van der Waals surface area contributed by atoms with E-state index in [4.69, 9.17) is 5.26 Å². The summed E-state index contributed by atoms with van der Waals surface area (Å²) in [5.41, 5.74) is 11.1. The maximum atomic E-state index is 9.16. The van der Waals surface area contributed by atoms with Crippen LogP contribution in [0.3, 0.4) is 0 Å². The molecule has 0 heterocycles. The molecule has 0 aliphatic heterocycles. The molecule has 0 saturated heterocycles. The number of aryl methyl sites for hydroxylation is 5. The molecule has 3 rings (SSSR count). The molecule has 176 valence electrons. The van der Waals surface area contributed by atoms with Gasteiger partial charge in [-0.1, -0.05) is 93.3 Å². The third-order valence-electron chi connectivity index (χ3n) is 6.93. The van der Waals surface area contributed by atoms with E-state index in [1.807, 2.05) is 19.1 Å². The van der Waals surface area contributed by atoms with E-state index in [1.54, 1.807) is 0 Å². The Morgan fingerprint density at radius 3 is 1.79 bits per heavy atom. The highest BCUT2D eigenvalue weighted by molar-refractivity contribution is 5.69. The van der Waals surface area contributed by atoms with Gasteiger partial charge in [-0.25, -0.2) is 0 Å². The molecule has 0 saturated carbocycles. The van der Waals surface area contributed by atoms with E-state index in [9.17, 15) is 0 Å². The number of hydrogen-bond donors (Lipinski definition) is 0. The molecule has 1 heteroatoms. The Morgan fingerprint density at radius 1 is 0.676 bits per heavy atom. The van der Waals surface area contributed by atoms with Crippen LogP contribution in [0.2, 0.25) is 0 Å².